The summed E-state index contributed by atoms with van der Waals surface area (Å²) in [7, 11) is 0. The molecule has 2 unspecified atom stereocenters. The number of nitrogens with one attached hydrogen (secondary N) is 1. The number of carbonyl (C=O) groups is 1. The second-order valence-electron chi connectivity index (χ2n) is 10.4. The van der Waals surface area contributed by atoms with Crippen molar-refractivity contribution in [3.05, 3.63) is 89.6 Å². The van der Waals surface area contributed by atoms with Gasteiger partial charge in [-0.1, -0.05) is 42.5 Å². The fraction of sp³-hybridized carbons (Fsp3) is 0.438. The summed E-state index contributed by atoms with van der Waals surface area (Å²) >= 11 is 0. The van der Waals surface area contributed by atoms with E-state index in [9.17, 15) is 18.0 Å². The normalized spacial score (nSPS) is 13.3. The standard InChI is InChI=1S/C32H39F3N2O6/c1-23(37-30(39)31(2,3)43-29-13-12-26(22-36-29)32(33,34)35)28(20-24-8-5-4-6-9-24)25-10-7-11-27(21-25)42-19-18-41-17-16-40-15-14-38/h4-13,21-23,28,38H,14-20H2,1-3H3,(H,37,39). The van der Waals surface area contributed by atoms with E-state index in [0.29, 0.717) is 44.8 Å². The smallest absolute Gasteiger partial charge is 0.417 e. The van der Waals surface area contributed by atoms with Crippen LogP contribution >= 0.6 is 0 Å². The van der Waals surface area contributed by atoms with Crippen molar-refractivity contribution >= 4 is 5.91 Å². The second-order valence-corrected chi connectivity index (χ2v) is 10.4. The zero-order valence-corrected chi connectivity index (χ0v) is 24.6. The summed E-state index contributed by atoms with van der Waals surface area (Å²) in [6.45, 7) is 6.72. The van der Waals surface area contributed by atoms with Crippen LogP contribution in [0, 0.1) is 0 Å². The minimum atomic E-state index is -4.52. The molecule has 234 valence electrons. The van der Waals surface area contributed by atoms with Crippen molar-refractivity contribution in [2.24, 2.45) is 0 Å². The van der Waals surface area contributed by atoms with Crippen LogP contribution < -0.4 is 14.8 Å². The topological polar surface area (TPSA) is 99.1 Å². The van der Waals surface area contributed by atoms with Crippen LogP contribution in [-0.2, 0) is 26.9 Å². The molecule has 0 bridgehead atoms. The minimum Gasteiger partial charge on any atom is -0.491 e. The number of carbonyl (C=O) groups excluding carboxylic acids is 1. The summed E-state index contributed by atoms with van der Waals surface area (Å²) in [5.41, 5.74) is -0.272. The number of nitrogens with zero attached hydrogens (tertiary/aromatic N) is 1. The largest absolute Gasteiger partial charge is 0.491 e. The van der Waals surface area contributed by atoms with Crippen molar-refractivity contribution in [2.75, 3.05) is 39.6 Å². The quantitative estimate of drug-likeness (QED) is 0.205. The first kappa shape index (κ1) is 33.8. The van der Waals surface area contributed by atoms with E-state index in [1.54, 1.807) is 0 Å². The summed E-state index contributed by atoms with van der Waals surface area (Å²) in [5.74, 6) is -0.0125. The van der Waals surface area contributed by atoms with E-state index in [0.717, 1.165) is 23.3 Å². The minimum absolute atomic E-state index is 0.0290. The number of hydrogen-bond acceptors (Lipinski definition) is 7. The molecular formula is C32H39F3N2O6. The fourth-order valence-corrected chi connectivity index (χ4v) is 4.29. The lowest BCUT2D eigenvalue weighted by atomic mass is 9.86. The molecule has 2 N–H and O–H groups in total. The van der Waals surface area contributed by atoms with E-state index in [1.165, 1.54) is 13.8 Å². The van der Waals surface area contributed by atoms with Gasteiger partial charge in [0.25, 0.3) is 5.91 Å². The van der Waals surface area contributed by atoms with Crippen LogP contribution in [0.5, 0.6) is 11.6 Å². The zero-order valence-electron chi connectivity index (χ0n) is 24.6. The Labute approximate surface area is 250 Å². The van der Waals surface area contributed by atoms with Crippen LogP contribution in [0.3, 0.4) is 0 Å². The summed E-state index contributed by atoms with van der Waals surface area (Å²) < 4.78 is 60.9. The monoisotopic (exact) mass is 604 g/mol. The predicted molar refractivity (Wildman–Crippen MR) is 155 cm³/mol. The number of aromatic nitrogens is 1. The Morgan fingerprint density at radius 2 is 1.63 bits per heavy atom. The Morgan fingerprint density at radius 1 is 0.930 bits per heavy atom. The van der Waals surface area contributed by atoms with E-state index in [2.05, 4.69) is 10.3 Å². The molecule has 0 fully saturated rings. The number of aliphatic hydroxyl groups is 1. The van der Waals surface area contributed by atoms with Crippen LogP contribution in [0.15, 0.2) is 72.9 Å². The molecule has 0 aliphatic rings. The SMILES string of the molecule is CC(NC(=O)C(C)(C)Oc1ccc(C(F)(F)F)cn1)C(Cc1ccccc1)c1cccc(OCCOCCOCCO)c1. The molecular weight excluding hydrogens is 565 g/mol. The van der Waals surface area contributed by atoms with Crippen LogP contribution in [0.4, 0.5) is 13.2 Å². The molecule has 3 aromatic rings. The van der Waals surface area contributed by atoms with Crippen LogP contribution in [-0.4, -0.2) is 67.3 Å². The van der Waals surface area contributed by atoms with Crippen molar-refractivity contribution in [3.8, 4) is 11.6 Å². The third-order valence-electron chi connectivity index (χ3n) is 6.62. The molecule has 1 amide bonds. The molecule has 3 rings (SSSR count). The van der Waals surface area contributed by atoms with E-state index in [1.807, 2.05) is 61.5 Å². The lowest BCUT2D eigenvalue weighted by Crippen LogP contribution is -2.51. The fourth-order valence-electron chi connectivity index (χ4n) is 4.29. The Balaban J connectivity index is 1.67. The molecule has 11 heteroatoms. The second kappa shape index (κ2) is 16.3. The maximum absolute atomic E-state index is 13.3. The van der Waals surface area contributed by atoms with Gasteiger partial charge in [-0.15, -0.1) is 0 Å². The van der Waals surface area contributed by atoms with E-state index in [4.69, 9.17) is 24.1 Å². The number of hydrogen-bond donors (Lipinski definition) is 2. The van der Waals surface area contributed by atoms with Gasteiger partial charge in [0.15, 0.2) is 5.60 Å². The lowest BCUT2D eigenvalue weighted by molar-refractivity contribution is -0.138. The maximum Gasteiger partial charge on any atom is 0.417 e. The Morgan fingerprint density at radius 3 is 2.28 bits per heavy atom. The molecule has 1 heterocycles. The molecule has 0 saturated heterocycles. The van der Waals surface area contributed by atoms with Gasteiger partial charge < -0.3 is 29.4 Å². The van der Waals surface area contributed by atoms with Crippen LogP contribution in [0.2, 0.25) is 0 Å². The molecule has 0 aliphatic heterocycles. The van der Waals surface area contributed by atoms with Gasteiger partial charge in [-0.25, -0.2) is 4.98 Å². The first-order valence-electron chi connectivity index (χ1n) is 14.1. The van der Waals surface area contributed by atoms with Crippen molar-refractivity contribution < 1.29 is 42.0 Å². The summed E-state index contributed by atoms with van der Waals surface area (Å²) in [5, 5.41) is 11.8. The summed E-state index contributed by atoms with van der Waals surface area (Å²) in [6.07, 6.45) is -3.21. The first-order chi connectivity index (χ1) is 20.5. The van der Waals surface area contributed by atoms with Gasteiger partial charge in [-0.3, -0.25) is 4.79 Å². The molecule has 2 atom stereocenters. The number of halogens is 3. The molecule has 0 spiro atoms. The molecule has 0 saturated carbocycles. The third-order valence-corrected chi connectivity index (χ3v) is 6.62. The average molecular weight is 605 g/mol. The van der Waals surface area contributed by atoms with Crippen LogP contribution in [0.25, 0.3) is 0 Å². The van der Waals surface area contributed by atoms with Crippen molar-refractivity contribution in [3.63, 3.8) is 0 Å². The highest BCUT2D eigenvalue weighted by Gasteiger charge is 2.34. The van der Waals surface area contributed by atoms with Crippen LogP contribution in [0.1, 0.15) is 43.4 Å². The van der Waals surface area contributed by atoms with E-state index >= 15 is 0 Å². The highest BCUT2D eigenvalue weighted by atomic mass is 19.4. The molecule has 2 aromatic carbocycles. The number of rotatable bonds is 17. The number of benzene rings is 2. The average Bonchev–Trinajstić information content (AvgIpc) is 2.97. The predicted octanol–water partition coefficient (Wildman–Crippen LogP) is 5.19. The van der Waals surface area contributed by atoms with E-state index < -0.39 is 23.2 Å². The number of alkyl halides is 3. The van der Waals surface area contributed by atoms with Gasteiger partial charge in [0.05, 0.1) is 38.6 Å². The molecule has 0 radical (unpaired) electrons. The van der Waals surface area contributed by atoms with Gasteiger partial charge in [0.1, 0.15) is 12.4 Å². The van der Waals surface area contributed by atoms with Gasteiger partial charge in [0.2, 0.25) is 5.88 Å². The molecule has 8 nitrogen and oxygen atoms in total. The Bertz CT molecular complexity index is 1260. The number of pyridine rings is 1. The molecule has 1 aromatic heterocycles. The zero-order chi connectivity index (χ0) is 31.3. The van der Waals surface area contributed by atoms with Crippen molar-refractivity contribution in [1.29, 1.82) is 0 Å². The van der Waals surface area contributed by atoms with Gasteiger partial charge in [-0.2, -0.15) is 13.2 Å². The third kappa shape index (κ3) is 11.2. The Kier molecular flexibility index (Phi) is 12.8. The lowest BCUT2D eigenvalue weighted by Gasteiger charge is -2.31. The van der Waals surface area contributed by atoms with Crippen molar-refractivity contribution in [2.45, 2.75) is 50.9 Å². The van der Waals surface area contributed by atoms with Crippen molar-refractivity contribution in [1.82, 2.24) is 10.3 Å². The molecule has 43 heavy (non-hydrogen) atoms. The number of amides is 1. The molecule has 0 aliphatic carbocycles. The van der Waals surface area contributed by atoms with Gasteiger partial charge in [0, 0.05) is 24.2 Å². The first-order valence-corrected chi connectivity index (χ1v) is 14.1. The van der Waals surface area contributed by atoms with E-state index in [-0.39, 0.29) is 31.1 Å². The summed E-state index contributed by atoms with van der Waals surface area (Å²) in [6, 6.07) is 19.2. The number of aliphatic hydroxyl groups excluding tert-OH is 1. The van der Waals surface area contributed by atoms with Gasteiger partial charge >= 0.3 is 6.18 Å². The maximum atomic E-state index is 13.3. The summed E-state index contributed by atoms with van der Waals surface area (Å²) in [4.78, 5) is 17.1. The highest BCUT2D eigenvalue weighted by Crippen LogP contribution is 2.31. The number of ether oxygens (including phenoxy) is 4. The Hall–Kier alpha value is -3.67. The highest BCUT2D eigenvalue weighted by molar-refractivity contribution is 5.85. The van der Waals surface area contributed by atoms with Gasteiger partial charge in [-0.05, 0) is 56.5 Å².